The summed E-state index contributed by atoms with van der Waals surface area (Å²) in [5.74, 6) is 0.0757. The number of halogens is 1. The van der Waals surface area contributed by atoms with Gasteiger partial charge in [-0.15, -0.1) is 0 Å². The normalized spacial score (nSPS) is 10.2. The maximum absolute atomic E-state index is 12.4. The van der Waals surface area contributed by atoms with E-state index in [0.29, 0.717) is 0 Å². The average molecular weight is 445 g/mol. The van der Waals surface area contributed by atoms with E-state index in [4.69, 9.17) is 0 Å². The van der Waals surface area contributed by atoms with Crippen molar-refractivity contribution in [3.05, 3.63) is 109 Å². The second-order valence-corrected chi connectivity index (χ2v) is 6.85. The molecule has 1 heterocycles. The van der Waals surface area contributed by atoms with Gasteiger partial charge >= 0.3 is 0 Å². The van der Waals surface area contributed by atoms with Crippen LogP contribution in [0, 0.1) is 6.92 Å². The molecule has 0 bridgehead atoms. The molecule has 4 rings (SSSR count). The monoisotopic (exact) mass is 444 g/mol. The van der Waals surface area contributed by atoms with E-state index in [1.807, 2.05) is 66.2 Å². The van der Waals surface area contributed by atoms with E-state index in [1.165, 1.54) is 11.1 Å². The van der Waals surface area contributed by atoms with Gasteiger partial charge in [0.2, 0.25) is 5.78 Å². The minimum absolute atomic E-state index is 0. The van der Waals surface area contributed by atoms with Crippen LogP contribution in [0.3, 0.4) is 0 Å². The number of Topliss-reactive ketones (excluding diaryl/α,β-unsaturated/α-hetero) is 1. The van der Waals surface area contributed by atoms with E-state index in [9.17, 15) is 4.79 Å². The van der Waals surface area contributed by atoms with E-state index in [0.717, 1.165) is 22.4 Å². The Hall–Kier alpha value is -3.11. The van der Waals surface area contributed by atoms with Gasteiger partial charge in [0.1, 0.15) is 0 Å². The minimum atomic E-state index is 0. The predicted octanol–water partition coefficient (Wildman–Crippen LogP) is 1.90. The number of carbonyl (C=O) groups is 1. The first-order chi connectivity index (χ1) is 13.7. The lowest BCUT2D eigenvalue weighted by atomic mass is 10.0. The third-order valence-electron chi connectivity index (χ3n) is 4.76. The summed E-state index contributed by atoms with van der Waals surface area (Å²) in [5.41, 5.74) is 6.18. The van der Waals surface area contributed by atoms with Crippen molar-refractivity contribution in [2.75, 3.05) is 0 Å². The SMILES string of the molecule is Cc1ccc(C(=O)C[n+]2ccc(-c3ccc(-c4ccccc4)cc3)nc2)cc1.[Br-]. The second kappa shape index (κ2) is 9.39. The fourth-order valence-electron chi connectivity index (χ4n) is 3.11. The first-order valence-corrected chi connectivity index (χ1v) is 9.30. The lowest BCUT2D eigenvalue weighted by Crippen LogP contribution is -3.00. The summed E-state index contributed by atoms with van der Waals surface area (Å²) < 4.78 is 1.81. The molecule has 1 aromatic heterocycles. The summed E-state index contributed by atoms with van der Waals surface area (Å²) in [4.78, 5) is 16.9. The molecule has 0 aliphatic carbocycles. The summed E-state index contributed by atoms with van der Waals surface area (Å²) in [6.45, 7) is 2.29. The lowest BCUT2D eigenvalue weighted by Gasteiger charge is -2.03. The summed E-state index contributed by atoms with van der Waals surface area (Å²) in [5, 5.41) is 0. The fraction of sp³-hybridized carbons (Fsp3) is 0.0800. The van der Waals surface area contributed by atoms with Crippen molar-refractivity contribution in [3.8, 4) is 22.4 Å². The van der Waals surface area contributed by atoms with E-state index in [2.05, 4.69) is 41.4 Å². The molecule has 0 aliphatic rings. The number of nitrogens with zero attached hydrogens (tertiary/aromatic N) is 2. The highest BCUT2D eigenvalue weighted by atomic mass is 79.9. The fourth-order valence-corrected chi connectivity index (χ4v) is 3.11. The number of ketones is 1. The van der Waals surface area contributed by atoms with Crippen LogP contribution in [-0.2, 0) is 6.54 Å². The number of aromatic nitrogens is 2. The molecule has 0 unspecified atom stereocenters. The highest BCUT2D eigenvalue weighted by Crippen LogP contribution is 2.23. The van der Waals surface area contributed by atoms with Gasteiger partial charge in [-0.1, -0.05) is 72.3 Å². The summed E-state index contributed by atoms with van der Waals surface area (Å²) in [6.07, 6.45) is 3.62. The Morgan fingerprint density at radius 3 is 2.03 bits per heavy atom. The predicted molar refractivity (Wildman–Crippen MR) is 111 cm³/mol. The van der Waals surface area contributed by atoms with Gasteiger partial charge in [0.25, 0.3) is 6.33 Å². The van der Waals surface area contributed by atoms with Gasteiger partial charge in [-0.3, -0.25) is 4.79 Å². The molecule has 4 aromatic rings. The molecule has 0 N–H and O–H groups in total. The van der Waals surface area contributed by atoms with Crippen LogP contribution in [0.25, 0.3) is 22.4 Å². The zero-order valence-corrected chi connectivity index (χ0v) is 17.7. The van der Waals surface area contributed by atoms with Crippen LogP contribution in [0.15, 0.2) is 97.5 Å². The summed E-state index contributed by atoms with van der Waals surface area (Å²) >= 11 is 0. The summed E-state index contributed by atoms with van der Waals surface area (Å²) in [6, 6.07) is 28.3. The molecule has 0 fully saturated rings. The zero-order valence-electron chi connectivity index (χ0n) is 16.1. The number of aryl methyl sites for hydroxylation is 1. The van der Waals surface area contributed by atoms with E-state index in [-0.39, 0.29) is 29.3 Å². The molecule has 0 aliphatic heterocycles. The van der Waals surface area contributed by atoms with Crippen LogP contribution in [-0.4, -0.2) is 10.8 Å². The Morgan fingerprint density at radius 2 is 1.41 bits per heavy atom. The Bertz CT molecular complexity index is 1070. The van der Waals surface area contributed by atoms with Crippen molar-refractivity contribution in [1.29, 1.82) is 0 Å². The standard InChI is InChI=1S/C25H21N2O.BrH/c1-19-7-9-23(10-8-19)25(28)17-27-16-15-24(26-18-27)22-13-11-21(12-14-22)20-5-3-2-4-6-20;/h2-16,18H,17H2,1H3;1H/q+1;/p-1. The van der Waals surface area contributed by atoms with Crippen LogP contribution in [0.5, 0.6) is 0 Å². The second-order valence-electron chi connectivity index (χ2n) is 6.85. The van der Waals surface area contributed by atoms with Crippen molar-refractivity contribution < 1.29 is 26.3 Å². The Balaban J connectivity index is 0.00000240. The van der Waals surface area contributed by atoms with Gasteiger partial charge in [-0.05, 0) is 35.2 Å². The first kappa shape index (κ1) is 20.6. The number of benzene rings is 3. The van der Waals surface area contributed by atoms with E-state index in [1.54, 1.807) is 6.33 Å². The third kappa shape index (κ3) is 5.04. The van der Waals surface area contributed by atoms with Crippen LogP contribution in [0.4, 0.5) is 0 Å². The zero-order chi connectivity index (χ0) is 19.3. The third-order valence-corrected chi connectivity index (χ3v) is 4.76. The van der Waals surface area contributed by atoms with Gasteiger partial charge in [-0.2, -0.15) is 0 Å². The number of hydrogen-bond donors (Lipinski definition) is 0. The molecule has 0 saturated carbocycles. The molecule has 144 valence electrons. The van der Waals surface area contributed by atoms with Crippen molar-refractivity contribution >= 4 is 5.78 Å². The average Bonchev–Trinajstić information content (AvgIpc) is 2.75. The summed E-state index contributed by atoms with van der Waals surface area (Å²) in [7, 11) is 0. The smallest absolute Gasteiger partial charge is 0.287 e. The topological polar surface area (TPSA) is 33.8 Å². The Morgan fingerprint density at radius 1 is 0.793 bits per heavy atom. The largest absolute Gasteiger partial charge is 1.00 e. The van der Waals surface area contributed by atoms with Crippen LogP contribution < -0.4 is 21.5 Å². The molecule has 4 heteroatoms. The van der Waals surface area contributed by atoms with Crippen molar-refractivity contribution in [2.24, 2.45) is 0 Å². The molecule has 3 aromatic carbocycles. The van der Waals surface area contributed by atoms with Gasteiger partial charge < -0.3 is 17.0 Å². The van der Waals surface area contributed by atoms with E-state index >= 15 is 0 Å². The molecular weight excluding hydrogens is 424 g/mol. The van der Waals surface area contributed by atoms with Gasteiger partial charge in [0.15, 0.2) is 12.2 Å². The number of carbonyl (C=O) groups excluding carboxylic acids is 1. The molecule has 3 nitrogen and oxygen atoms in total. The highest BCUT2D eigenvalue weighted by Gasteiger charge is 2.12. The molecular formula is C25H21BrN2O. The maximum Gasteiger partial charge on any atom is 0.287 e. The van der Waals surface area contributed by atoms with Crippen LogP contribution in [0.2, 0.25) is 0 Å². The molecule has 0 radical (unpaired) electrons. The minimum Gasteiger partial charge on any atom is -1.00 e. The molecule has 0 atom stereocenters. The van der Waals surface area contributed by atoms with Gasteiger partial charge in [-0.25, -0.2) is 4.57 Å². The number of hydrogen-bond acceptors (Lipinski definition) is 2. The molecule has 0 amide bonds. The first-order valence-electron chi connectivity index (χ1n) is 9.30. The lowest BCUT2D eigenvalue weighted by molar-refractivity contribution is -0.686. The highest BCUT2D eigenvalue weighted by molar-refractivity contribution is 5.95. The maximum atomic E-state index is 12.4. The van der Waals surface area contributed by atoms with E-state index < -0.39 is 0 Å². The van der Waals surface area contributed by atoms with Crippen LogP contribution in [0.1, 0.15) is 15.9 Å². The van der Waals surface area contributed by atoms with Gasteiger partial charge in [0, 0.05) is 17.2 Å². The number of rotatable bonds is 5. The van der Waals surface area contributed by atoms with Crippen molar-refractivity contribution in [1.82, 2.24) is 4.98 Å². The van der Waals surface area contributed by atoms with Gasteiger partial charge in [0.05, 0.1) is 6.20 Å². The Kier molecular flexibility index (Phi) is 6.68. The molecule has 0 spiro atoms. The molecule has 29 heavy (non-hydrogen) atoms. The van der Waals surface area contributed by atoms with Crippen molar-refractivity contribution in [3.63, 3.8) is 0 Å². The van der Waals surface area contributed by atoms with Crippen molar-refractivity contribution in [2.45, 2.75) is 13.5 Å². The van der Waals surface area contributed by atoms with Crippen LogP contribution >= 0.6 is 0 Å². The Labute approximate surface area is 181 Å². The molecule has 0 saturated heterocycles. The quantitative estimate of drug-likeness (QED) is 0.348.